The molecule has 0 unspecified atom stereocenters. The summed E-state index contributed by atoms with van der Waals surface area (Å²) in [6, 6.07) is 16.1. The molecule has 5 nitrogen and oxygen atoms in total. The number of aryl methyl sites for hydroxylation is 1. The minimum absolute atomic E-state index is 0.0180. The van der Waals surface area contributed by atoms with Crippen molar-refractivity contribution in [1.82, 2.24) is 9.80 Å². The van der Waals surface area contributed by atoms with Gasteiger partial charge in [0.1, 0.15) is 5.41 Å². The Hall–Kier alpha value is -2.66. The zero-order chi connectivity index (χ0) is 20.6. The average molecular weight is 392 g/mol. The highest BCUT2D eigenvalue weighted by Crippen LogP contribution is 2.42. The summed E-state index contributed by atoms with van der Waals surface area (Å²) < 4.78 is 0. The van der Waals surface area contributed by atoms with Crippen LogP contribution in [0.2, 0.25) is 0 Å². The molecule has 0 spiro atoms. The summed E-state index contributed by atoms with van der Waals surface area (Å²) in [5, 5.41) is 9.99. The van der Waals surface area contributed by atoms with Gasteiger partial charge in [-0.25, -0.2) is 0 Å². The second kappa shape index (κ2) is 7.64. The quantitative estimate of drug-likeness (QED) is 0.869. The van der Waals surface area contributed by atoms with Crippen LogP contribution in [0.4, 0.5) is 0 Å². The maximum Gasteiger partial charge on any atom is 0.313 e. The molecule has 0 radical (unpaired) electrons. The van der Waals surface area contributed by atoms with Crippen LogP contribution in [-0.4, -0.2) is 60.0 Å². The maximum atomic E-state index is 13.4. The van der Waals surface area contributed by atoms with Crippen LogP contribution in [-0.2, 0) is 11.2 Å². The minimum Gasteiger partial charge on any atom is -0.481 e. The highest BCUT2D eigenvalue weighted by Gasteiger charge is 2.55. The van der Waals surface area contributed by atoms with Gasteiger partial charge in [-0.05, 0) is 56.5 Å². The number of carboxylic acid groups (broad SMARTS) is 1. The smallest absolute Gasteiger partial charge is 0.313 e. The van der Waals surface area contributed by atoms with E-state index in [2.05, 4.69) is 36.1 Å². The lowest BCUT2D eigenvalue weighted by Crippen LogP contribution is -2.52. The van der Waals surface area contributed by atoms with E-state index in [4.69, 9.17) is 0 Å². The molecule has 1 N–H and O–H groups in total. The van der Waals surface area contributed by atoms with Crippen molar-refractivity contribution in [3.05, 3.63) is 70.8 Å². The van der Waals surface area contributed by atoms with E-state index in [-0.39, 0.29) is 18.4 Å². The molecule has 2 aliphatic heterocycles. The number of piperidine rings is 1. The van der Waals surface area contributed by atoms with Crippen molar-refractivity contribution in [2.45, 2.75) is 19.8 Å². The molecule has 0 aromatic heterocycles. The fourth-order valence-corrected chi connectivity index (χ4v) is 4.90. The number of fused-ring (bicyclic) bond motifs is 1. The molecular weight excluding hydrogens is 364 g/mol. The first-order chi connectivity index (χ1) is 13.9. The highest BCUT2D eigenvalue weighted by atomic mass is 16.4. The van der Waals surface area contributed by atoms with Gasteiger partial charge in [0.2, 0.25) is 0 Å². The van der Waals surface area contributed by atoms with Crippen molar-refractivity contribution < 1.29 is 14.7 Å². The van der Waals surface area contributed by atoms with Crippen molar-refractivity contribution in [1.29, 1.82) is 0 Å². The fraction of sp³-hybridized carbons (Fsp3) is 0.417. The Kier molecular flexibility index (Phi) is 5.17. The summed E-state index contributed by atoms with van der Waals surface area (Å²) >= 11 is 0. The number of amides is 1. The first kappa shape index (κ1) is 19.6. The molecule has 2 heterocycles. The number of aliphatic carboxylic acids is 1. The van der Waals surface area contributed by atoms with E-state index in [0.717, 1.165) is 24.1 Å². The van der Waals surface area contributed by atoms with Gasteiger partial charge in [-0.2, -0.15) is 0 Å². The molecule has 152 valence electrons. The van der Waals surface area contributed by atoms with E-state index in [1.165, 1.54) is 5.56 Å². The molecule has 2 aromatic carbocycles. The topological polar surface area (TPSA) is 60.9 Å². The van der Waals surface area contributed by atoms with Gasteiger partial charge < -0.3 is 14.9 Å². The third kappa shape index (κ3) is 3.67. The zero-order valence-corrected chi connectivity index (χ0v) is 17.1. The third-order valence-electron chi connectivity index (χ3n) is 6.58. The molecule has 0 saturated carbocycles. The second-order valence-corrected chi connectivity index (χ2v) is 8.69. The Morgan fingerprint density at radius 1 is 1.10 bits per heavy atom. The van der Waals surface area contributed by atoms with Crippen molar-refractivity contribution in [3.8, 4) is 0 Å². The molecule has 2 aliphatic rings. The van der Waals surface area contributed by atoms with Gasteiger partial charge in [0, 0.05) is 25.2 Å². The van der Waals surface area contributed by atoms with Crippen LogP contribution in [0, 0.1) is 18.3 Å². The van der Waals surface area contributed by atoms with Gasteiger partial charge >= 0.3 is 5.97 Å². The lowest BCUT2D eigenvalue weighted by atomic mass is 9.73. The Morgan fingerprint density at radius 3 is 2.55 bits per heavy atom. The highest BCUT2D eigenvalue weighted by molar-refractivity contribution is 5.96. The van der Waals surface area contributed by atoms with Crippen LogP contribution in [0.3, 0.4) is 0 Å². The van der Waals surface area contributed by atoms with Crippen LogP contribution in [0.15, 0.2) is 48.5 Å². The zero-order valence-electron chi connectivity index (χ0n) is 17.1. The minimum atomic E-state index is -0.853. The number of nitrogens with zero attached hydrogens (tertiary/aromatic N) is 2. The Balaban J connectivity index is 1.59. The van der Waals surface area contributed by atoms with Crippen LogP contribution in [0.25, 0.3) is 0 Å². The predicted octanol–water partition coefficient (Wildman–Crippen LogP) is 3.06. The van der Waals surface area contributed by atoms with Crippen molar-refractivity contribution in [2.75, 3.05) is 33.2 Å². The van der Waals surface area contributed by atoms with E-state index in [9.17, 15) is 14.7 Å². The van der Waals surface area contributed by atoms with Crippen molar-refractivity contribution in [3.63, 3.8) is 0 Å². The monoisotopic (exact) mass is 392 g/mol. The molecule has 0 bridgehead atoms. The number of hydrogen-bond donors (Lipinski definition) is 1. The number of hydrogen-bond acceptors (Lipinski definition) is 3. The number of likely N-dealkylation sites (tertiary alicyclic amines) is 2. The van der Waals surface area contributed by atoms with Crippen LogP contribution < -0.4 is 0 Å². The molecule has 29 heavy (non-hydrogen) atoms. The van der Waals surface area contributed by atoms with Gasteiger partial charge in [-0.1, -0.05) is 48.0 Å². The van der Waals surface area contributed by atoms with E-state index in [0.29, 0.717) is 25.1 Å². The number of carboxylic acids is 1. The summed E-state index contributed by atoms with van der Waals surface area (Å²) in [7, 11) is 1.96. The second-order valence-electron chi connectivity index (χ2n) is 8.69. The number of carbonyl (C=O) groups is 2. The van der Waals surface area contributed by atoms with Crippen LogP contribution >= 0.6 is 0 Å². The first-order valence-corrected chi connectivity index (χ1v) is 10.2. The summed E-state index contributed by atoms with van der Waals surface area (Å²) in [6.07, 6.45) is 1.50. The number of benzene rings is 2. The molecule has 5 heteroatoms. The van der Waals surface area contributed by atoms with Crippen molar-refractivity contribution in [2.24, 2.45) is 11.3 Å². The molecule has 2 atom stereocenters. The maximum absolute atomic E-state index is 13.4. The summed E-state index contributed by atoms with van der Waals surface area (Å²) in [5.74, 6) is -0.813. The van der Waals surface area contributed by atoms with Gasteiger partial charge in [-0.3, -0.25) is 9.59 Å². The van der Waals surface area contributed by atoms with E-state index in [1.54, 1.807) is 4.90 Å². The lowest BCUT2D eigenvalue weighted by molar-refractivity contribution is -0.153. The number of carbonyl (C=O) groups excluding carboxylic acids is 1. The van der Waals surface area contributed by atoms with Gasteiger partial charge in [-0.15, -0.1) is 0 Å². The van der Waals surface area contributed by atoms with Crippen LogP contribution in [0.1, 0.15) is 33.5 Å². The summed E-state index contributed by atoms with van der Waals surface area (Å²) in [5.41, 5.74) is 3.18. The van der Waals surface area contributed by atoms with Crippen LogP contribution in [0.5, 0.6) is 0 Å². The predicted molar refractivity (Wildman–Crippen MR) is 112 cm³/mol. The van der Waals surface area contributed by atoms with E-state index < -0.39 is 11.4 Å². The molecule has 2 saturated heterocycles. The Labute approximate surface area is 171 Å². The molecule has 1 amide bonds. The average Bonchev–Trinajstić information content (AvgIpc) is 3.10. The molecule has 2 aromatic rings. The first-order valence-electron chi connectivity index (χ1n) is 10.2. The molecular formula is C24H28N2O3. The summed E-state index contributed by atoms with van der Waals surface area (Å²) in [4.78, 5) is 29.4. The lowest BCUT2D eigenvalue weighted by Gasteiger charge is -2.39. The van der Waals surface area contributed by atoms with E-state index >= 15 is 0 Å². The summed E-state index contributed by atoms with van der Waals surface area (Å²) in [6.45, 7) is 4.25. The van der Waals surface area contributed by atoms with Gasteiger partial charge in [0.15, 0.2) is 0 Å². The molecule has 4 rings (SSSR count). The SMILES string of the molecule is Cc1ccc(Cc2ccccc2C(=O)N2C[C@H]3CCN(C)C[C@@]3(C(=O)O)C2)cc1. The molecule has 2 fully saturated rings. The fourth-order valence-electron chi connectivity index (χ4n) is 4.90. The Bertz CT molecular complexity index is 924. The third-order valence-corrected chi connectivity index (χ3v) is 6.58. The van der Waals surface area contributed by atoms with Gasteiger partial charge in [0.05, 0.1) is 0 Å². The standard InChI is InChI=1S/C24H28N2O3/c1-17-7-9-18(10-8-17)13-19-5-3-4-6-21(19)22(27)26-14-20-11-12-25(2)15-24(20,16-26)23(28)29/h3-10,20H,11-16H2,1-2H3,(H,28,29)/t20-,24-/m1/s1. The molecule has 0 aliphatic carbocycles. The Morgan fingerprint density at radius 2 is 1.83 bits per heavy atom. The largest absolute Gasteiger partial charge is 0.481 e. The number of rotatable bonds is 4. The van der Waals surface area contributed by atoms with Crippen molar-refractivity contribution >= 4 is 11.9 Å². The van der Waals surface area contributed by atoms with Gasteiger partial charge in [0.25, 0.3) is 5.91 Å². The van der Waals surface area contributed by atoms with E-state index in [1.807, 2.05) is 31.3 Å². The normalized spacial score (nSPS) is 24.3.